The van der Waals surface area contributed by atoms with Gasteiger partial charge in [-0.2, -0.15) is 0 Å². The second-order valence-electron chi connectivity index (χ2n) is 5.42. The third kappa shape index (κ3) is 4.60. The number of benzene rings is 1. The quantitative estimate of drug-likeness (QED) is 0.433. The zero-order chi connectivity index (χ0) is 16.1. The van der Waals surface area contributed by atoms with Gasteiger partial charge in [0.2, 0.25) is 0 Å². The number of guanidine groups is 1. The van der Waals surface area contributed by atoms with Crippen molar-refractivity contribution in [1.82, 2.24) is 10.2 Å². The highest BCUT2D eigenvalue weighted by Crippen LogP contribution is 2.22. The number of hydrogen-bond acceptors (Lipinski definition) is 3. The fraction of sp³-hybridized carbons (Fsp3) is 0.353. The van der Waals surface area contributed by atoms with Gasteiger partial charge in [-0.05, 0) is 23.6 Å². The lowest BCUT2D eigenvalue weighted by Crippen LogP contribution is -2.52. The first-order valence-corrected chi connectivity index (χ1v) is 8.63. The molecule has 3 rings (SSSR count). The molecule has 130 valence electrons. The van der Waals surface area contributed by atoms with E-state index < -0.39 is 0 Å². The van der Waals surface area contributed by atoms with Crippen LogP contribution < -0.4 is 10.2 Å². The highest BCUT2D eigenvalue weighted by molar-refractivity contribution is 14.0. The summed E-state index contributed by atoms with van der Waals surface area (Å²) in [5.41, 5.74) is 0.658. The second-order valence-corrected chi connectivity index (χ2v) is 6.34. The van der Waals surface area contributed by atoms with Gasteiger partial charge in [-0.25, -0.2) is 4.39 Å². The molecule has 0 spiro atoms. The summed E-state index contributed by atoms with van der Waals surface area (Å²) in [4.78, 5) is 8.96. The third-order valence-electron chi connectivity index (χ3n) is 4.00. The van der Waals surface area contributed by atoms with E-state index in [2.05, 4.69) is 37.6 Å². The molecule has 1 aromatic heterocycles. The molecule has 0 saturated carbocycles. The highest BCUT2D eigenvalue weighted by Gasteiger charge is 2.20. The van der Waals surface area contributed by atoms with E-state index in [-0.39, 0.29) is 29.8 Å². The predicted molar refractivity (Wildman–Crippen MR) is 110 cm³/mol. The van der Waals surface area contributed by atoms with Gasteiger partial charge in [0.05, 0.1) is 5.00 Å². The normalized spacial score (nSPS) is 15.2. The van der Waals surface area contributed by atoms with E-state index in [0.29, 0.717) is 12.1 Å². The van der Waals surface area contributed by atoms with Crippen LogP contribution in [0.3, 0.4) is 0 Å². The zero-order valence-electron chi connectivity index (χ0n) is 13.6. The van der Waals surface area contributed by atoms with Gasteiger partial charge < -0.3 is 15.1 Å². The van der Waals surface area contributed by atoms with Crippen LogP contribution in [0, 0.1) is 5.82 Å². The number of halogens is 2. The molecule has 1 aromatic carbocycles. The molecule has 0 radical (unpaired) electrons. The number of aliphatic imine (C=N–C) groups is 1. The van der Waals surface area contributed by atoms with Crippen molar-refractivity contribution in [2.75, 3.05) is 38.1 Å². The van der Waals surface area contributed by atoms with Crippen molar-refractivity contribution in [2.45, 2.75) is 6.54 Å². The summed E-state index contributed by atoms with van der Waals surface area (Å²) in [6.45, 7) is 4.22. The molecule has 1 fully saturated rings. The van der Waals surface area contributed by atoms with Gasteiger partial charge in [0, 0.05) is 45.3 Å². The van der Waals surface area contributed by atoms with Crippen molar-refractivity contribution in [3.8, 4) is 0 Å². The number of nitrogens with one attached hydrogen (secondary N) is 1. The fourth-order valence-corrected chi connectivity index (χ4v) is 3.52. The minimum Gasteiger partial charge on any atom is -0.360 e. The first kappa shape index (κ1) is 19.0. The fourth-order valence-electron chi connectivity index (χ4n) is 2.74. The Morgan fingerprint density at radius 1 is 1.17 bits per heavy atom. The van der Waals surface area contributed by atoms with E-state index in [9.17, 15) is 4.39 Å². The average Bonchev–Trinajstić information content (AvgIpc) is 3.12. The number of nitrogens with zero attached hydrogens (tertiary/aromatic N) is 3. The summed E-state index contributed by atoms with van der Waals surface area (Å²) in [5, 5.41) is 6.69. The predicted octanol–water partition coefficient (Wildman–Crippen LogP) is 3.40. The van der Waals surface area contributed by atoms with Gasteiger partial charge in [0.1, 0.15) is 5.82 Å². The molecule has 0 aliphatic carbocycles. The van der Waals surface area contributed by atoms with Gasteiger partial charge in [-0.1, -0.05) is 18.2 Å². The van der Waals surface area contributed by atoms with E-state index in [1.165, 1.54) is 11.1 Å². The Kier molecular flexibility index (Phi) is 7.29. The number of rotatable bonds is 3. The molecule has 1 aliphatic rings. The molecule has 0 atom stereocenters. The van der Waals surface area contributed by atoms with Gasteiger partial charge >= 0.3 is 0 Å². The molecule has 2 aromatic rings. The SMILES string of the molecule is CN=C(NCc1ccccc1F)N1CCN(c2cccs2)CC1.I. The maximum absolute atomic E-state index is 13.7. The molecule has 24 heavy (non-hydrogen) atoms. The van der Waals surface area contributed by atoms with Gasteiger partial charge in [0.25, 0.3) is 0 Å². The zero-order valence-corrected chi connectivity index (χ0v) is 16.8. The van der Waals surface area contributed by atoms with E-state index >= 15 is 0 Å². The smallest absolute Gasteiger partial charge is 0.194 e. The van der Waals surface area contributed by atoms with Crippen LogP contribution in [0.4, 0.5) is 9.39 Å². The van der Waals surface area contributed by atoms with Crippen molar-refractivity contribution in [1.29, 1.82) is 0 Å². The van der Waals surface area contributed by atoms with E-state index in [0.717, 1.165) is 32.1 Å². The lowest BCUT2D eigenvalue weighted by atomic mass is 10.2. The maximum atomic E-state index is 13.7. The standard InChI is InChI=1S/C17H21FN4S.HI/c1-19-17(20-13-14-5-2-3-6-15(14)18)22-10-8-21(9-11-22)16-7-4-12-23-16;/h2-7,12H,8-11,13H2,1H3,(H,19,20);1H. The van der Waals surface area contributed by atoms with Crippen LogP contribution in [-0.2, 0) is 6.54 Å². The summed E-state index contributed by atoms with van der Waals surface area (Å²) >= 11 is 1.77. The molecule has 4 nitrogen and oxygen atoms in total. The Morgan fingerprint density at radius 2 is 1.92 bits per heavy atom. The van der Waals surface area contributed by atoms with Gasteiger partial charge in [0.15, 0.2) is 5.96 Å². The Labute approximate surface area is 163 Å². The average molecular weight is 460 g/mol. The summed E-state index contributed by atoms with van der Waals surface area (Å²) in [7, 11) is 1.77. The summed E-state index contributed by atoms with van der Waals surface area (Å²) in [5.74, 6) is 0.650. The second kappa shape index (κ2) is 9.22. The first-order valence-electron chi connectivity index (χ1n) is 7.75. The number of thiophene rings is 1. The van der Waals surface area contributed by atoms with E-state index in [1.807, 2.05) is 6.07 Å². The minimum absolute atomic E-state index is 0. The summed E-state index contributed by atoms with van der Waals surface area (Å²) in [6.07, 6.45) is 0. The monoisotopic (exact) mass is 460 g/mol. The molecular weight excluding hydrogens is 438 g/mol. The number of anilines is 1. The molecule has 2 heterocycles. The summed E-state index contributed by atoms with van der Waals surface area (Å²) < 4.78 is 13.7. The molecule has 7 heteroatoms. The van der Waals surface area contributed by atoms with Crippen LogP contribution in [0.1, 0.15) is 5.56 Å². The molecular formula is C17H22FIN4S. The van der Waals surface area contributed by atoms with Crippen LogP contribution in [0.25, 0.3) is 0 Å². The topological polar surface area (TPSA) is 30.9 Å². The van der Waals surface area contributed by atoms with E-state index in [4.69, 9.17) is 0 Å². The van der Waals surface area contributed by atoms with Gasteiger partial charge in [-0.15, -0.1) is 35.3 Å². The molecule has 0 bridgehead atoms. The lowest BCUT2D eigenvalue weighted by Gasteiger charge is -2.37. The van der Waals surface area contributed by atoms with Crippen LogP contribution >= 0.6 is 35.3 Å². The Hall–Kier alpha value is -1.35. The maximum Gasteiger partial charge on any atom is 0.194 e. The minimum atomic E-state index is -0.182. The lowest BCUT2D eigenvalue weighted by molar-refractivity contribution is 0.373. The van der Waals surface area contributed by atoms with E-state index in [1.54, 1.807) is 30.5 Å². The Morgan fingerprint density at radius 3 is 2.54 bits per heavy atom. The molecule has 1 saturated heterocycles. The van der Waals surface area contributed by atoms with Crippen LogP contribution in [0.15, 0.2) is 46.8 Å². The van der Waals surface area contributed by atoms with Crippen molar-refractivity contribution < 1.29 is 4.39 Å². The van der Waals surface area contributed by atoms with Crippen molar-refractivity contribution in [3.63, 3.8) is 0 Å². The molecule has 1 N–H and O–H groups in total. The number of hydrogen-bond donors (Lipinski definition) is 1. The van der Waals surface area contributed by atoms with Crippen molar-refractivity contribution in [2.24, 2.45) is 4.99 Å². The van der Waals surface area contributed by atoms with Gasteiger partial charge in [-0.3, -0.25) is 4.99 Å². The number of piperazine rings is 1. The van der Waals surface area contributed by atoms with Crippen molar-refractivity contribution in [3.05, 3.63) is 53.2 Å². The van der Waals surface area contributed by atoms with Crippen LogP contribution in [-0.4, -0.2) is 44.1 Å². The molecule has 1 aliphatic heterocycles. The summed E-state index contributed by atoms with van der Waals surface area (Å²) in [6, 6.07) is 11.1. The Bertz CT molecular complexity index is 654. The molecule has 0 amide bonds. The molecule has 0 unspecified atom stereocenters. The van der Waals surface area contributed by atoms with Crippen molar-refractivity contribution >= 4 is 46.3 Å². The van der Waals surface area contributed by atoms with Crippen LogP contribution in [0.5, 0.6) is 0 Å². The van der Waals surface area contributed by atoms with Crippen LogP contribution in [0.2, 0.25) is 0 Å². The first-order chi connectivity index (χ1) is 11.3. The highest BCUT2D eigenvalue weighted by atomic mass is 127. The largest absolute Gasteiger partial charge is 0.360 e. The third-order valence-corrected chi connectivity index (χ3v) is 4.93. The Balaban J connectivity index is 0.00000208.